The number of hydrogen-bond donors (Lipinski definition) is 1. The van der Waals surface area contributed by atoms with Crippen molar-refractivity contribution in [3.63, 3.8) is 0 Å². The van der Waals surface area contributed by atoms with Crippen LogP contribution in [0.2, 0.25) is 0 Å². The van der Waals surface area contributed by atoms with Gasteiger partial charge in [-0.2, -0.15) is 0 Å². The molecule has 0 aliphatic heterocycles. The predicted octanol–water partition coefficient (Wildman–Crippen LogP) is 4.02. The molecule has 1 nitrogen and oxygen atoms in total. The first-order valence-electron chi connectivity index (χ1n) is 7.08. The van der Waals surface area contributed by atoms with Crippen molar-refractivity contribution < 1.29 is 5.11 Å². The van der Waals surface area contributed by atoms with Crippen LogP contribution >= 0.6 is 0 Å². The van der Waals surface area contributed by atoms with Gasteiger partial charge in [0.25, 0.3) is 0 Å². The van der Waals surface area contributed by atoms with Gasteiger partial charge in [-0.25, -0.2) is 0 Å². The summed E-state index contributed by atoms with van der Waals surface area (Å²) in [5.74, 6) is 0. The average molecular weight is 260 g/mol. The molecule has 0 bridgehead atoms. The summed E-state index contributed by atoms with van der Waals surface area (Å²) in [6, 6.07) is 22.7. The van der Waals surface area contributed by atoms with E-state index in [1.54, 1.807) is 0 Å². The largest absolute Gasteiger partial charge is 0.380 e. The first-order valence-corrected chi connectivity index (χ1v) is 7.08. The van der Waals surface area contributed by atoms with E-state index in [-0.39, 0.29) is 0 Å². The van der Waals surface area contributed by atoms with Crippen LogP contribution < -0.4 is 0 Å². The molecule has 1 atom stereocenters. The smallest absolute Gasteiger partial charge is 0.116 e. The fourth-order valence-corrected chi connectivity index (χ4v) is 3.46. The van der Waals surface area contributed by atoms with E-state index in [1.807, 2.05) is 30.3 Å². The topological polar surface area (TPSA) is 20.2 Å². The Kier molecular flexibility index (Phi) is 2.45. The summed E-state index contributed by atoms with van der Waals surface area (Å²) in [5, 5.41) is 13.6. The van der Waals surface area contributed by atoms with Gasteiger partial charge in [0.15, 0.2) is 0 Å². The summed E-state index contributed by atoms with van der Waals surface area (Å²) >= 11 is 0. The second-order valence-electron chi connectivity index (χ2n) is 5.54. The number of aryl methyl sites for hydroxylation is 1. The van der Waals surface area contributed by atoms with Gasteiger partial charge >= 0.3 is 0 Å². The Labute approximate surface area is 118 Å². The van der Waals surface area contributed by atoms with Crippen molar-refractivity contribution in [2.45, 2.75) is 18.4 Å². The lowest BCUT2D eigenvalue weighted by atomic mass is 9.85. The Morgan fingerprint density at radius 2 is 1.45 bits per heavy atom. The van der Waals surface area contributed by atoms with Gasteiger partial charge in [0.1, 0.15) is 5.60 Å². The summed E-state index contributed by atoms with van der Waals surface area (Å²) in [7, 11) is 0. The highest BCUT2D eigenvalue weighted by Crippen LogP contribution is 2.44. The first kappa shape index (κ1) is 11.7. The molecule has 0 amide bonds. The van der Waals surface area contributed by atoms with Crippen molar-refractivity contribution in [3.8, 4) is 0 Å². The van der Waals surface area contributed by atoms with Gasteiger partial charge in [0.2, 0.25) is 0 Å². The summed E-state index contributed by atoms with van der Waals surface area (Å²) in [6.07, 6.45) is 1.70. The molecular weight excluding hydrogens is 244 g/mol. The Balaban J connectivity index is 2.01. The molecule has 3 aromatic rings. The summed E-state index contributed by atoms with van der Waals surface area (Å²) < 4.78 is 0. The third-order valence-electron chi connectivity index (χ3n) is 4.45. The van der Waals surface area contributed by atoms with Crippen LogP contribution in [-0.4, -0.2) is 5.11 Å². The number of rotatable bonds is 1. The molecule has 0 saturated heterocycles. The fourth-order valence-electron chi connectivity index (χ4n) is 3.46. The fraction of sp³-hybridized carbons (Fsp3) is 0.158. The van der Waals surface area contributed by atoms with Crippen molar-refractivity contribution in [3.05, 3.63) is 83.4 Å². The monoisotopic (exact) mass is 260 g/mol. The molecule has 1 heteroatoms. The Bertz CT molecular complexity index is 785. The van der Waals surface area contributed by atoms with E-state index in [0.717, 1.165) is 29.4 Å². The minimum atomic E-state index is -0.850. The molecule has 4 rings (SSSR count). The van der Waals surface area contributed by atoms with Gasteiger partial charge in [-0.1, -0.05) is 66.7 Å². The Hall–Kier alpha value is -2.12. The highest BCUT2D eigenvalue weighted by molar-refractivity contribution is 5.87. The van der Waals surface area contributed by atoms with Crippen molar-refractivity contribution in [2.75, 3.05) is 0 Å². The molecular formula is C19H16O. The van der Waals surface area contributed by atoms with Gasteiger partial charge in [0, 0.05) is 0 Å². The summed E-state index contributed by atoms with van der Waals surface area (Å²) in [4.78, 5) is 0. The van der Waals surface area contributed by atoms with E-state index < -0.39 is 5.60 Å². The number of benzene rings is 3. The van der Waals surface area contributed by atoms with Crippen LogP contribution in [0.5, 0.6) is 0 Å². The van der Waals surface area contributed by atoms with Crippen LogP contribution in [0, 0.1) is 0 Å². The van der Waals surface area contributed by atoms with Crippen LogP contribution in [0.3, 0.4) is 0 Å². The molecule has 0 aromatic heterocycles. The minimum absolute atomic E-state index is 0.764. The second-order valence-corrected chi connectivity index (χ2v) is 5.54. The van der Waals surface area contributed by atoms with Gasteiger partial charge in [-0.3, -0.25) is 0 Å². The van der Waals surface area contributed by atoms with Crippen LogP contribution in [0.1, 0.15) is 23.1 Å². The molecule has 0 saturated carbocycles. The molecule has 20 heavy (non-hydrogen) atoms. The standard InChI is InChI=1S/C19H16O/c20-19(13-12-15-7-2-4-10-17(15)19)18-11-5-8-14-6-1-3-9-16(14)18/h1-11,20H,12-13H2. The van der Waals surface area contributed by atoms with E-state index in [2.05, 4.69) is 36.4 Å². The highest BCUT2D eigenvalue weighted by atomic mass is 16.3. The van der Waals surface area contributed by atoms with Crippen LogP contribution in [0.15, 0.2) is 66.7 Å². The lowest BCUT2D eigenvalue weighted by Gasteiger charge is -2.26. The molecule has 0 radical (unpaired) electrons. The highest BCUT2D eigenvalue weighted by Gasteiger charge is 2.38. The molecule has 0 spiro atoms. The van der Waals surface area contributed by atoms with Gasteiger partial charge in [-0.15, -0.1) is 0 Å². The zero-order valence-corrected chi connectivity index (χ0v) is 11.2. The van der Waals surface area contributed by atoms with Gasteiger partial charge in [0.05, 0.1) is 0 Å². The molecule has 3 aromatic carbocycles. The van der Waals surface area contributed by atoms with Crippen LogP contribution in [-0.2, 0) is 12.0 Å². The molecule has 0 heterocycles. The normalized spacial score (nSPS) is 21.1. The third kappa shape index (κ3) is 1.53. The van der Waals surface area contributed by atoms with Crippen molar-refractivity contribution in [2.24, 2.45) is 0 Å². The van der Waals surface area contributed by atoms with E-state index in [4.69, 9.17) is 0 Å². The first-order chi connectivity index (χ1) is 9.79. The molecule has 1 unspecified atom stereocenters. The zero-order valence-electron chi connectivity index (χ0n) is 11.2. The lowest BCUT2D eigenvalue weighted by Crippen LogP contribution is -2.24. The SMILES string of the molecule is OC1(c2cccc3ccccc23)CCc2ccccc21. The maximum atomic E-state index is 11.3. The lowest BCUT2D eigenvalue weighted by molar-refractivity contribution is 0.0845. The van der Waals surface area contributed by atoms with E-state index in [0.29, 0.717) is 0 Å². The van der Waals surface area contributed by atoms with Crippen LogP contribution in [0.4, 0.5) is 0 Å². The van der Waals surface area contributed by atoms with E-state index >= 15 is 0 Å². The third-order valence-corrected chi connectivity index (χ3v) is 4.45. The maximum Gasteiger partial charge on any atom is 0.116 e. The molecule has 1 aliphatic carbocycles. The second kappa shape index (κ2) is 4.19. The number of aliphatic hydroxyl groups is 1. The quantitative estimate of drug-likeness (QED) is 0.700. The number of hydrogen-bond acceptors (Lipinski definition) is 1. The Morgan fingerprint density at radius 3 is 2.40 bits per heavy atom. The van der Waals surface area contributed by atoms with Crippen molar-refractivity contribution in [1.29, 1.82) is 0 Å². The zero-order chi connectivity index (χ0) is 13.6. The molecule has 0 fully saturated rings. The molecule has 1 aliphatic rings. The minimum Gasteiger partial charge on any atom is -0.380 e. The van der Waals surface area contributed by atoms with E-state index in [9.17, 15) is 5.11 Å². The van der Waals surface area contributed by atoms with Crippen molar-refractivity contribution >= 4 is 10.8 Å². The number of fused-ring (bicyclic) bond motifs is 2. The summed E-state index contributed by atoms with van der Waals surface area (Å²) in [5.41, 5.74) is 2.51. The van der Waals surface area contributed by atoms with Gasteiger partial charge in [-0.05, 0) is 40.3 Å². The van der Waals surface area contributed by atoms with E-state index in [1.165, 1.54) is 10.9 Å². The van der Waals surface area contributed by atoms with Crippen LogP contribution in [0.25, 0.3) is 10.8 Å². The molecule has 98 valence electrons. The average Bonchev–Trinajstić information content (AvgIpc) is 2.86. The summed E-state index contributed by atoms with van der Waals surface area (Å²) in [6.45, 7) is 0. The van der Waals surface area contributed by atoms with Crippen molar-refractivity contribution in [1.82, 2.24) is 0 Å². The maximum absolute atomic E-state index is 11.3. The Morgan fingerprint density at radius 1 is 0.750 bits per heavy atom. The predicted molar refractivity (Wildman–Crippen MR) is 81.7 cm³/mol. The van der Waals surface area contributed by atoms with Gasteiger partial charge < -0.3 is 5.11 Å². The molecule has 1 N–H and O–H groups in total.